The Morgan fingerprint density at radius 3 is 2.78 bits per heavy atom. The number of rotatable bonds is 0. The molecule has 0 spiro atoms. The largest absolute Gasteiger partial charge is 0.355 e. The smallest absolute Gasteiger partial charge is 0.234 e. The molecule has 0 radical (unpaired) electrons. The molecule has 0 aromatic heterocycles. The van der Waals surface area contributed by atoms with Crippen molar-refractivity contribution in [2.75, 3.05) is 0 Å². The van der Waals surface area contributed by atoms with E-state index >= 15 is 0 Å². The average molecular weight is 210 g/mol. The fourth-order valence-corrected chi connectivity index (χ4v) is 0.821. The number of hydrogen-bond acceptors (Lipinski definition) is 2. The first-order chi connectivity index (χ1) is 4.10. The molecular weight excluding hydrogens is 205 g/mol. The fraction of sp³-hybridized carbons (Fsp3) is 0.200. The van der Waals surface area contributed by atoms with Crippen molar-refractivity contribution in [1.29, 1.82) is 0 Å². The van der Waals surface area contributed by atoms with Crippen LogP contribution in [0.5, 0.6) is 0 Å². The SMILES string of the molecule is OC1(Cl)C=CC(Br)=CN1. The summed E-state index contributed by atoms with van der Waals surface area (Å²) in [5, 5.41) is 10.1. The van der Waals surface area contributed by atoms with Gasteiger partial charge in [-0.1, -0.05) is 11.6 Å². The molecule has 0 bridgehead atoms. The fourth-order valence-electron chi connectivity index (χ4n) is 0.456. The molecule has 0 saturated carbocycles. The Kier molecular flexibility index (Phi) is 1.84. The van der Waals surface area contributed by atoms with E-state index in [1.165, 1.54) is 6.08 Å². The third-order valence-electron chi connectivity index (χ3n) is 0.876. The minimum atomic E-state index is -1.41. The van der Waals surface area contributed by atoms with Crippen molar-refractivity contribution in [3.05, 3.63) is 22.8 Å². The molecule has 0 amide bonds. The van der Waals surface area contributed by atoms with Crippen LogP contribution in [0.25, 0.3) is 0 Å². The second-order valence-electron chi connectivity index (χ2n) is 1.68. The molecule has 1 atom stereocenters. The summed E-state index contributed by atoms with van der Waals surface area (Å²) in [6.07, 6.45) is 4.69. The highest BCUT2D eigenvalue weighted by Gasteiger charge is 2.18. The predicted molar refractivity (Wildman–Crippen MR) is 40.1 cm³/mol. The molecule has 1 unspecified atom stereocenters. The van der Waals surface area contributed by atoms with Crippen LogP contribution < -0.4 is 5.32 Å². The van der Waals surface area contributed by atoms with Gasteiger partial charge in [0, 0.05) is 10.7 Å². The summed E-state index contributed by atoms with van der Waals surface area (Å²) in [6.45, 7) is 0. The lowest BCUT2D eigenvalue weighted by Gasteiger charge is -2.19. The van der Waals surface area contributed by atoms with E-state index < -0.39 is 5.18 Å². The summed E-state index contributed by atoms with van der Waals surface area (Å²) in [7, 11) is 0. The van der Waals surface area contributed by atoms with Crippen molar-refractivity contribution in [2.45, 2.75) is 5.18 Å². The Morgan fingerprint density at radius 1 is 1.78 bits per heavy atom. The number of nitrogens with one attached hydrogen (secondary N) is 1. The van der Waals surface area contributed by atoms with E-state index in [-0.39, 0.29) is 0 Å². The van der Waals surface area contributed by atoms with Gasteiger partial charge in [-0.05, 0) is 28.1 Å². The van der Waals surface area contributed by atoms with Crippen molar-refractivity contribution in [3.8, 4) is 0 Å². The molecule has 4 heteroatoms. The number of halogens is 2. The van der Waals surface area contributed by atoms with Crippen molar-refractivity contribution < 1.29 is 5.11 Å². The van der Waals surface area contributed by atoms with E-state index in [4.69, 9.17) is 16.7 Å². The van der Waals surface area contributed by atoms with Gasteiger partial charge in [-0.15, -0.1) is 0 Å². The highest BCUT2D eigenvalue weighted by molar-refractivity contribution is 9.11. The molecule has 0 saturated heterocycles. The lowest BCUT2D eigenvalue weighted by atomic mass is 10.4. The lowest BCUT2D eigenvalue weighted by molar-refractivity contribution is 0.156. The standard InChI is InChI=1S/C5H5BrClNO/c6-4-1-2-5(7,9)8-3-4/h1-3,8-9H. The van der Waals surface area contributed by atoms with Gasteiger partial charge < -0.3 is 10.4 Å². The maximum absolute atomic E-state index is 8.99. The van der Waals surface area contributed by atoms with E-state index in [0.717, 1.165) is 4.48 Å². The zero-order valence-corrected chi connectivity index (χ0v) is 6.78. The highest BCUT2D eigenvalue weighted by atomic mass is 79.9. The first-order valence-electron chi connectivity index (χ1n) is 2.34. The quantitative estimate of drug-likeness (QED) is 0.466. The molecule has 1 heterocycles. The van der Waals surface area contributed by atoms with Crippen LogP contribution in [0.2, 0.25) is 0 Å². The first kappa shape index (κ1) is 7.12. The van der Waals surface area contributed by atoms with Gasteiger partial charge >= 0.3 is 0 Å². The maximum atomic E-state index is 8.99. The van der Waals surface area contributed by atoms with E-state index in [1.807, 2.05) is 0 Å². The van der Waals surface area contributed by atoms with Crippen LogP contribution in [0.3, 0.4) is 0 Å². The molecule has 2 N–H and O–H groups in total. The van der Waals surface area contributed by atoms with Gasteiger partial charge in [0.25, 0.3) is 0 Å². The lowest BCUT2D eigenvalue weighted by Crippen LogP contribution is -2.35. The van der Waals surface area contributed by atoms with Gasteiger partial charge in [0.05, 0.1) is 0 Å². The number of hydrogen-bond donors (Lipinski definition) is 2. The monoisotopic (exact) mass is 209 g/mol. The van der Waals surface area contributed by atoms with Crippen LogP contribution in [-0.4, -0.2) is 10.3 Å². The molecule has 0 aromatic rings. The number of alkyl halides is 1. The summed E-state index contributed by atoms with van der Waals surface area (Å²) in [6, 6.07) is 0. The van der Waals surface area contributed by atoms with Crippen LogP contribution in [0, 0.1) is 0 Å². The molecule has 1 aliphatic rings. The van der Waals surface area contributed by atoms with Crippen LogP contribution in [-0.2, 0) is 0 Å². The molecule has 50 valence electrons. The van der Waals surface area contributed by atoms with Crippen LogP contribution in [0.15, 0.2) is 22.8 Å². The maximum Gasteiger partial charge on any atom is 0.234 e. The van der Waals surface area contributed by atoms with Crippen molar-refractivity contribution in [1.82, 2.24) is 5.32 Å². The van der Waals surface area contributed by atoms with E-state index in [9.17, 15) is 0 Å². The second kappa shape index (κ2) is 2.33. The Hall–Kier alpha value is 0.01000. The Bertz CT molecular complexity index is 176. The zero-order chi connectivity index (χ0) is 6.91. The molecule has 2 nitrogen and oxygen atoms in total. The minimum Gasteiger partial charge on any atom is -0.355 e. The molecule has 0 aromatic carbocycles. The van der Waals surface area contributed by atoms with Gasteiger partial charge in [-0.2, -0.15) is 0 Å². The predicted octanol–water partition coefficient (Wildman–Crippen LogP) is 1.27. The van der Waals surface area contributed by atoms with Crippen molar-refractivity contribution in [2.24, 2.45) is 0 Å². The molecule has 1 aliphatic heterocycles. The average Bonchev–Trinajstić information content (AvgIpc) is 1.78. The van der Waals surface area contributed by atoms with Gasteiger partial charge in [0.2, 0.25) is 5.18 Å². The van der Waals surface area contributed by atoms with Crippen molar-refractivity contribution in [3.63, 3.8) is 0 Å². The van der Waals surface area contributed by atoms with Gasteiger partial charge in [-0.25, -0.2) is 0 Å². The normalized spacial score (nSPS) is 33.4. The van der Waals surface area contributed by atoms with Gasteiger partial charge in [-0.3, -0.25) is 0 Å². The van der Waals surface area contributed by atoms with Crippen LogP contribution >= 0.6 is 27.5 Å². The van der Waals surface area contributed by atoms with Crippen LogP contribution in [0.1, 0.15) is 0 Å². The zero-order valence-electron chi connectivity index (χ0n) is 4.44. The Morgan fingerprint density at radius 2 is 2.44 bits per heavy atom. The Labute approximate surface area is 66.3 Å². The summed E-state index contributed by atoms with van der Waals surface area (Å²) >= 11 is 8.61. The molecule has 0 aliphatic carbocycles. The molecule has 1 rings (SSSR count). The first-order valence-corrected chi connectivity index (χ1v) is 3.51. The second-order valence-corrected chi connectivity index (χ2v) is 3.17. The summed E-state index contributed by atoms with van der Waals surface area (Å²) in [5.41, 5.74) is 0. The summed E-state index contributed by atoms with van der Waals surface area (Å²) < 4.78 is 0.854. The van der Waals surface area contributed by atoms with Gasteiger partial charge in [0.1, 0.15) is 0 Å². The Balaban J connectivity index is 2.70. The third kappa shape index (κ3) is 2.01. The highest BCUT2D eigenvalue weighted by Crippen LogP contribution is 2.17. The molecular formula is C5H5BrClNO. The van der Waals surface area contributed by atoms with E-state index in [0.29, 0.717) is 0 Å². The minimum absolute atomic E-state index is 0.854. The van der Waals surface area contributed by atoms with Crippen molar-refractivity contribution >= 4 is 27.5 Å². The summed E-state index contributed by atoms with van der Waals surface area (Å²) in [5.74, 6) is 0. The van der Waals surface area contributed by atoms with E-state index in [1.54, 1.807) is 12.3 Å². The topological polar surface area (TPSA) is 32.3 Å². The number of allylic oxidation sites excluding steroid dienone is 2. The van der Waals surface area contributed by atoms with Crippen LogP contribution in [0.4, 0.5) is 0 Å². The number of dihydropyridines is 1. The van der Waals surface area contributed by atoms with E-state index in [2.05, 4.69) is 21.2 Å². The molecule has 9 heavy (non-hydrogen) atoms. The number of aliphatic hydroxyl groups is 1. The van der Waals surface area contributed by atoms with Gasteiger partial charge in [0.15, 0.2) is 0 Å². The molecule has 0 fully saturated rings. The summed E-state index contributed by atoms with van der Waals surface area (Å²) in [4.78, 5) is 0. The third-order valence-corrected chi connectivity index (χ3v) is 1.60.